The van der Waals surface area contributed by atoms with Crippen LogP contribution >= 0.6 is 22.9 Å². The highest BCUT2D eigenvalue weighted by atomic mass is 35.5. The van der Waals surface area contributed by atoms with Crippen LogP contribution in [-0.4, -0.2) is 102 Å². The number of oxazole rings is 1. The average Bonchev–Trinajstić information content (AvgIpc) is 4.11. The molecule has 4 atom stereocenters. The zero-order valence-corrected chi connectivity index (χ0v) is 42.9. The molecule has 2 aliphatic heterocycles. The second-order valence-electron chi connectivity index (χ2n) is 19.8. The Morgan fingerprint density at radius 2 is 1.69 bits per heavy atom. The third-order valence-corrected chi connectivity index (χ3v) is 14.9. The first-order chi connectivity index (χ1) is 34.4. The van der Waals surface area contributed by atoms with Gasteiger partial charge in [-0.2, -0.15) is 0 Å². The lowest BCUT2D eigenvalue weighted by atomic mass is 9.85. The van der Waals surface area contributed by atoms with Crippen LogP contribution in [0.25, 0.3) is 16.3 Å². The summed E-state index contributed by atoms with van der Waals surface area (Å²) in [4.78, 5) is 57.7. The SMILES string of the molecule is C=C(NCc1ccc(-c2ocnc2C)cc1)[C@@H]1C[C@@H](O)CN1C(=O)[C@@H](NC(=O)COc1ccc(OC2CC(NC(=O)C[C@@H]3N=C(c4ccc(Cl)cc4)c4c(sc(C)c4C)-n4c(C)nnc43)C2)nc1)C(C)(C)C. The number of pyridine rings is 1. The number of fused-ring (bicyclic) bond motifs is 3. The molecule has 1 saturated carbocycles. The number of nitrogens with zero attached hydrogens (tertiary/aromatic N) is 7. The number of aryl methyl sites for hydroxylation is 3. The molecule has 2 fully saturated rings. The number of aliphatic hydroxyl groups excluding tert-OH is 1. The van der Waals surface area contributed by atoms with E-state index in [1.54, 1.807) is 28.4 Å². The van der Waals surface area contributed by atoms with Crippen LogP contribution in [0.2, 0.25) is 5.02 Å². The van der Waals surface area contributed by atoms with E-state index in [2.05, 4.69) is 56.5 Å². The zero-order valence-electron chi connectivity index (χ0n) is 41.4. The number of carbonyl (C=O) groups excluding carboxylic acids is 3. The highest BCUT2D eigenvalue weighted by molar-refractivity contribution is 7.15. The highest BCUT2D eigenvalue weighted by Gasteiger charge is 2.43. The highest BCUT2D eigenvalue weighted by Crippen LogP contribution is 2.40. The summed E-state index contributed by atoms with van der Waals surface area (Å²) in [5, 5.41) is 30.6. The topological polar surface area (TPSA) is 211 Å². The van der Waals surface area contributed by atoms with Gasteiger partial charge in [0.2, 0.25) is 17.7 Å². The summed E-state index contributed by atoms with van der Waals surface area (Å²) in [5.41, 5.74) is 6.46. The fourth-order valence-electron chi connectivity index (χ4n) is 9.31. The number of thiophene rings is 1. The average molecular weight is 1020 g/mol. The summed E-state index contributed by atoms with van der Waals surface area (Å²) < 4.78 is 19.4. The largest absolute Gasteiger partial charge is 0.482 e. The van der Waals surface area contributed by atoms with E-state index in [0.29, 0.717) is 54.0 Å². The molecule has 376 valence electrons. The normalized spacial score (nSPS) is 19.8. The summed E-state index contributed by atoms with van der Waals surface area (Å²) >= 11 is 7.93. The van der Waals surface area contributed by atoms with Gasteiger partial charge in [0.15, 0.2) is 24.6 Å². The van der Waals surface area contributed by atoms with Crippen molar-refractivity contribution >= 4 is 46.4 Å². The molecule has 3 amide bonds. The van der Waals surface area contributed by atoms with Gasteiger partial charge >= 0.3 is 0 Å². The lowest BCUT2D eigenvalue weighted by Gasteiger charge is -2.36. The third-order valence-electron chi connectivity index (χ3n) is 13.4. The van der Waals surface area contributed by atoms with Gasteiger partial charge in [-0.05, 0) is 62.4 Å². The van der Waals surface area contributed by atoms with E-state index in [0.717, 1.165) is 55.8 Å². The van der Waals surface area contributed by atoms with E-state index in [4.69, 9.17) is 30.5 Å². The summed E-state index contributed by atoms with van der Waals surface area (Å²) in [6.45, 7) is 18.0. The van der Waals surface area contributed by atoms with Crippen LogP contribution in [0.4, 0.5) is 0 Å². The van der Waals surface area contributed by atoms with E-state index in [-0.39, 0.29) is 43.5 Å². The molecule has 4 aromatic heterocycles. The molecule has 4 N–H and O–H groups in total. The molecule has 0 bridgehead atoms. The molecule has 9 rings (SSSR count). The summed E-state index contributed by atoms with van der Waals surface area (Å²) in [6.07, 6.45) is 3.57. The van der Waals surface area contributed by atoms with Crippen molar-refractivity contribution in [1.82, 2.24) is 45.6 Å². The first-order valence-electron chi connectivity index (χ1n) is 24.0. The third kappa shape index (κ3) is 10.8. The van der Waals surface area contributed by atoms with Gasteiger partial charge in [0.05, 0.1) is 36.2 Å². The quantitative estimate of drug-likeness (QED) is 0.0745. The number of nitrogens with one attached hydrogen (secondary N) is 3. The molecule has 1 saturated heterocycles. The molecular formula is C53H59ClN10O7S. The summed E-state index contributed by atoms with van der Waals surface area (Å²) in [7, 11) is 0. The molecule has 0 unspecified atom stereocenters. The minimum atomic E-state index is -0.918. The number of carbonyl (C=O) groups is 3. The van der Waals surface area contributed by atoms with Crippen molar-refractivity contribution in [3.63, 3.8) is 0 Å². The molecule has 6 aromatic rings. The molecule has 6 heterocycles. The lowest BCUT2D eigenvalue weighted by Crippen LogP contribution is -2.57. The number of ether oxygens (including phenoxy) is 2. The van der Waals surface area contributed by atoms with Gasteiger partial charge in [-0.3, -0.25) is 23.9 Å². The van der Waals surface area contributed by atoms with Gasteiger partial charge in [0.1, 0.15) is 34.8 Å². The summed E-state index contributed by atoms with van der Waals surface area (Å²) in [6, 6.07) is 16.7. The predicted molar refractivity (Wildman–Crippen MR) is 273 cm³/mol. The van der Waals surface area contributed by atoms with Gasteiger partial charge in [-0.25, -0.2) is 9.97 Å². The molecule has 2 aromatic carbocycles. The monoisotopic (exact) mass is 1010 g/mol. The van der Waals surface area contributed by atoms with Gasteiger partial charge < -0.3 is 39.8 Å². The number of β-amino-alcohol motifs (C(OH)–C–C–N with tert-alkyl or cyclic N) is 1. The van der Waals surface area contributed by atoms with Gasteiger partial charge in [0, 0.05) is 76.7 Å². The number of aliphatic imine (C=N–C) groups is 1. The summed E-state index contributed by atoms with van der Waals surface area (Å²) in [5.74, 6) is 1.81. The van der Waals surface area contributed by atoms with E-state index in [9.17, 15) is 19.5 Å². The Bertz CT molecular complexity index is 3010. The Morgan fingerprint density at radius 3 is 2.38 bits per heavy atom. The molecule has 0 spiro atoms. The van der Waals surface area contributed by atoms with E-state index >= 15 is 0 Å². The first-order valence-corrected chi connectivity index (χ1v) is 25.2. The Kier molecular flexibility index (Phi) is 14.4. The Labute approximate surface area is 427 Å². The van der Waals surface area contributed by atoms with E-state index < -0.39 is 35.6 Å². The predicted octanol–water partition coefficient (Wildman–Crippen LogP) is 7.45. The number of likely N-dealkylation sites (tertiary alicyclic amines) is 1. The van der Waals surface area contributed by atoms with Crippen molar-refractivity contribution in [3.8, 4) is 28.0 Å². The van der Waals surface area contributed by atoms with Crippen LogP contribution in [0.15, 0.2) is 94.9 Å². The number of rotatable bonds is 16. The Morgan fingerprint density at radius 1 is 0.958 bits per heavy atom. The number of aromatic nitrogens is 5. The van der Waals surface area contributed by atoms with Crippen LogP contribution in [0.1, 0.15) is 97.0 Å². The van der Waals surface area contributed by atoms with Gasteiger partial charge in [-0.15, -0.1) is 21.5 Å². The maximum atomic E-state index is 14.2. The second kappa shape index (κ2) is 20.7. The van der Waals surface area contributed by atoms with Gasteiger partial charge in [0.25, 0.3) is 5.91 Å². The van der Waals surface area contributed by atoms with Crippen molar-refractivity contribution in [2.45, 2.75) is 117 Å². The molecule has 17 nitrogen and oxygen atoms in total. The van der Waals surface area contributed by atoms with Crippen molar-refractivity contribution in [3.05, 3.63) is 135 Å². The molecule has 72 heavy (non-hydrogen) atoms. The smallest absolute Gasteiger partial charge is 0.258 e. The molecule has 1 aliphatic carbocycles. The fourth-order valence-corrected chi connectivity index (χ4v) is 10.6. The standard InChI is InChI=1S/C53H59ClN10O7S/c1-28-31(4)72-52-46(28)47(34-13-15-36(54)16-14-34)59-41(50-62-61-32(5)64(50)52)22-43(66)58-37-19-40(20-37)71-45-18-17-39(24-56-45)69-26-44(67)60-49(53(6,7)8)51(68)63-25-38(65)21-42(63)29(2)55-23-33-9-11-35(12-10-33)48-30(3)57-27-70-48/h9-18,24,27,37-38,40-42,49,55,65H,2,19-23,25-26H2,1,3-8H3,(H,58,66)(H,60,67)/t37?,38-,40?,41+,42+,49-/m1/s1. The molecular weight excluding hydrogens is 956 g/mol. The van der Waals surface area contributed by atoms with Crippen LogP contribution in [0.3, 0.4) is 0 Å². The maximum absolute atomic E-state index is 14.2. The first kappa shape index (κ1) is 50.1. The Hall–Kier alpha value is -6.89. The maximum Gasteiger partial charge on any atom is 0.258 e. The second-order valence-corrected chi connectivity index (χ2v) is 21.4. The number of hydrogen-bond acceptors (Lipinski definition) is 14. The van der Waals surface area contributed by atoms with Crippen molar-refractivity contribution in [1.29, 1.82) is 0 Å². The molecule has 19 heteroatoms. The number of aliphatic hydroxyl groups is 1. The van der Waals surface area contributed by atoms with E-state index in [1.165, 1.54) is 17.5 Å². The van der Waals surface area contributed by atoms with E-state index in [1.807, 2.05) is 87.7 Å². The van der Waals surface area contributed by atoms with Crippen LogP contribution in [-0.2, 0) is 20.9 Å². The van der Waals surface area contributed by atoms with Crippen LogP contribution in [0.5, 0.6) is 11.6 Å². The van der Waals surface area contributed by atoms with Crippen molar-refractivity contribution in [2.75, 3.05) is 13.2 Å². The minimum absolute atomic E-state index is 0.0827. The number of benzene rings is 2. The molecule has 3 aliphatic rings. The van der Waals surface area contributed by atoms with Crippen molar-refractivity contribution in [2.24, 2.45) is 10.4 Å². The fraction of sp³-hybridized carbons (Fsp3) is 0.396. The number of halogens is 1. The van der Waals surface area contributed by atoms with Crippen LogP contribution < -0.4 is 25.4 Å². The number of amides is 3. The minimum Gasteiger partial charge on any atom is -0.482 e. The van der Waals surface area contributed by atoms with Crippen molar-refractivity contribution < 1.29 is 33.4 Å². The Balaban J connectivity index is 0.744. The zero-order chi connectivity index (χ0) is 51.0. The lowest BCUT2D eigenvalue weighted by molar-refractivity contribution is -0.140. The number of hydrogen-bond donors (Lipinski definition) is 4. The molecule has 0 radical (unpaired) electrons. The van der Waals surface area contributed by atoms with Crippen LogP contribution in [0, 0.1) is 33.1 Å². The van der Waals surface area contributed by atoms with Gasteiger partial charge in [-0.1, -0.05) is 75.3 Å².